The van der Waals surface area contributed by atoms with E-state index in [-0.39, 0.29) is 11.6 Å². The van der Waals surface area contributed by atoms with Crippen LogP contribution in [0.25, 0.3) is 0 Å². The molecule has 1 aromatic carbocycles. The van der Waals surface area contributed by atoms with Gasteiger partial charge in [-0.3, -0.25) is 4.79 Å². The molecule has 0 saturated heterocycles. The maximum Gasteiger partial charge on any atom is 0.416 e. The molecule has 1 aromatic rings. The van der Waals surface area contributed by atoms with Crippen molar-refractivity contribution in [3.63, 3.8) is 0 Å². The van der Waals surface area contributed by atoms with E-state index in [2.05, 4.69) is 0 Å². The van der Waals surface area contributed by atoms with Crippen LogP contribution in [0.4, 0.5) is 13.2 Å². The van der Waals surface area contributed by atoms with Gasteiger partial charge in [0.25, 0.3) is 0 Å². The minimum absolute atomic E-state index is 0.140. The number of ether oxygens (including phenoxy) is 1. The molecule has 0 fully saturated rings. The van der Waals surface area contributed by atoms with E-state index in [0.717, 1.165) is 12.5 Å². The molecule has 0 radical (unpaired) electrons. The summed E-state index contributed by atoms with van der Waals surface area (Å²) in [7, 11) is -4.38. The van der Waals surface area contributed by atoms with Crippen molar-refractivity contribution in [2.45, 2.75) is 30.8 Å². The Balaban J connectivity index is 2.86. The lowest BCUT2D eigenvalue weighted by atomic mass is 10.2. The first-order chi connectivity index (χ1) is 10.6. The highest BCUT2D eigenvalue weighted by atomic mass is 35.5. The maximum absolute atomic E-state index is 12.6. The Morgan fingerprint density at radius 1 is 1.35 bits per heavy atom. The van der Waals surface area contributed by atoms with Gasteiger partial charge in [-0.05, 0) is 24.6 Å². The van der Waals surface area contributed by atoms with Crippen molar-refractivity contribution in [2.75, 3.05) is 13.2 Å². The monoisotopic (exact) mass is 373 g/mol. The first-order valence-electron chi connectivity index (χ1n) is 6.60. The van der Waals surface area contributed by atoms with Gasteiger partial charge in [0, 0.05) is 0 Å². The highest BCUT2D eigenvalue weighted by Crippen LogP contribution is 2.33. The van der Waals surface area contributed by atoms with Gasteiger partial charge in [0.1, 0.15) is 11.4 Å². The average Bonchev–Trinajstić information content (AvgIpc) is 2.44. The zero-order valence-corrected chi connectivity index (χ0v) is 13.7. The third-order valence-corrected chi connectivity index (χ3v) is 4.60. The topological polar surface area (TPSA) is 72.5 Å². The van der Waals surface area contributed by atoms with Gasteiger partial charge >= 0.3 is 12.1 Å². The molecule has 0 aliphatic heterocycles. The highest BCUT2D eigenvalue weighted by molar-refractivity contribution is 7.89. The summed E-state index contributed by atoms with van der Waals surface area (Å²) in [4.78, 5) is 10.6. The molecule has 0 heterocycles. The highest BCUT2D eigenvalue weighted by Gasteiger charge is 2.32. The smallest absolute Gasteiger partial charge is 0.416 e. The van der Waals surface area contributed by atoms with Crippen molar-refractivity contribution >= 4 is 27.6 Å². The maximum atomic E-state index is 12.6. The van der Waals surface area contributed by atoms with Crippen molar-refractivity contribution in [2.24, 2.45) is 0 Å². The molecule has 0 unspecified atom stereocenters. The molecule has 10 heteroatoms. The number of rotatable bonds is 7. The van der Waals surface area contributed by atoms with Crippen LogP contribution in [0.3, 0.4) is 0 Å². The normalized spacial score (nSPS) is 12.2. The van der Waals surface area contributed by atoms with E-state index in [1.54, 1.807) is 0 Å². The number of hydrogen-bond acceptors (Lipinski definition) is 4. The molecule has 23 heavy (non-hydrogen) atoms. The van der Waals surface area contributed by atoms with E-state index in [9.17, 15) is 26.4 Å². The van der Waals surface area contributed by atoms with Gasteiger partial charge in [-0.1, -0.05) is 24.9 Å². The number of alkyl halides is 3. The van der Waals surface area contributed by atoms with Gasteiger partial charge in [0.05, 0.1) is 17.2 Å². The fourth-order valence-corrected chi connectivity index (χ4v) is 2.99. The van der Waals surface area contributed by atoms with Crippen molar-refractivity contribution in [3.05, 3.63) is 28.8 Å². The van der Waals surface area contributed by atoms with E-state index >= 15 is 0 Å². The first-order valence-corrected chi connectivity index (χ1v) is 8.46. The predicted molar refractivity (Wildman–Crippen MR) is 77.5 cm³/mol. The number of carbonyl (C=O) groups excluding carboxylic acids is 1. The summed E-state index contributed by atoms with van der Waals surface area (Å²) in [6.07, 6.45) is -3.30. The van der Waals surface area contributed by atoms with Gasteiger partial charge in [-0.2, -0.15) is 17.9 Å². The van der Waals surface area contributed by atoms with Crippen LogP contribution in [0, 0.1) is 0 Å². The van der Waals surface area contributed by atoms with Crippen LogP contribution in [0.1, 0.15) is 25.3 Å². The third kappa shape index (κ3) is 6.00. The summed E-state index contributed by atoms with van der Waals surface area (Å²) in [5.41, 5.74) is -1.16. The SMILES string of the molecule is CCCCOC(=O)CNS(=O)(=O)c1cc(C(F)(F)F)ccc1Cl. The molecule has 1 rings (SSSR count). The number of carbonyl (C=O) groups is 1. The molecule has 0 saturated carbocycles. The summed E-state index contributed by atoms with van der Waals surface area (Å²) in [5, 5.41) is -0.384. The van der Waals surface area contributed by atoms with Gasteiger partial charge in [-0.15, -0.1) is 0 Å². The molecule has 1 N–H and O–H groups in total. The first kappa shape index (κ1) is 19.7. The average molecular weight is 374 g/mol. The number of esters is 1. The molecule has 5 nitrogen and oxygen atoms in total. The van der Waals surface area contributed by atoms with E-state index < -0.39 is 39.2 Å². The Hall–Kier alpha value is -1.32. The molecule has 0 aliphatic carbocycles. The molecule has 0 amide bonds. The second kappa shape index (κ2) is 7.98. The van der Waals surface area contributed by atoms with Crippen LogP contribution in [-0.4, -0.2) is 27.5 Å². The van der Waals surface area contributed by atoms with Crippen LogP contribution >= 0.6 is 11.6 Å². The van der Waals surface area contributed by atoms with E-state index in [1.807, 2.05) is 11.6 Å². The Labute approximate surface area is 136 Å². The zero-order chi connectivity index (χ0) is 17.7. The number of benzene rings is 1. The number of nitrogens with one attached hydrogen (secondary N) is 1. The lowest BCUT2D eigenvalue weighted by Gasteiger charge is -2.12. The molecular weight excluding hydrogens is 359 g/mol. The lowest BCUT2D eigenvalue weighted by Crippen LogP contribution is -2.31. The summed E-state index contributed by atoms with van der Waals surface area (Å²) in [5.74, 6) is -0.829. The predicted octanol–water partition coefficient (Wildman–Crippen LogP) is 2.98. The largest absolute Gasteiger partial charge is 0.465 e. The fourth-order valence-electron chi connectivity index (χ4n) is 1.50. The molecular formula is C13H15ClF3NO4S. The third-order valence-electron chi connectivity index (χ3n) is 2.72. The van der Waals surface area contributed by atoms with Gasteiger partial charge in [0.15, 0.2) is 0 Å². The Morgan fingerprint density at radius 2 is 2.00 bits per heavy atom. The second-order valence-electron chi connectivity index (χ2n) is 4.54. The summed E-state index contributed by atoms with van der Waals surface area (Å²) < 4.78 is 68.5. The summed E-state index contributed by atoms with van der Waals surface area (Å²) in [6.45, 7) is 1.33. The Bertz CT molecular complexity index is 662. The molecule has 0 bridgehead atoms. The quantitative estimate of drug-likeness (QED) is 0.589. The molecule has 0 aliphatic rings. The van der Waals surface area contributed by atoms with E-state index in [4.69, 9.17) is 16.3 Å². The lowest BCUT2D eigenvalue weighted by molar-refractivity contribution is -0.142. The van der Waals surface area contributed by atoms with Crippen LogP contribution in [0.15, 0.2) is 23.1 Å². The summed E-state index contributed by atoms with van der Waals surface area (Å²) in [6, 6.07) is 1.91. The van der Waals surface area contributed by atoms with Crippen LogP contribution in [0.5, 0.6) is 0 Å². The number of unbranched alkanes of at least 4 members (excludes halogenated alkanes) is 1. The van der Waals surface area contributed by atoms with Crippen molar-refractivity contribution in [3.8, 4) is 0 Å². The van der Waals surface area contributed by atoms with Gasteiger partial charge < -0.3 is 4.74 Å². The van der Waals surface area contributed by atoms with Crippen LogP contribution < -0.4 is 4.72 Å². The van der Waals surface area contributed by atoms with E-state index in [0.29, 0.717) is 18.6 Å². The van der Waals surface area contributed by atoms with E-state index in [1.165, 1.54) is 0 Å². The number of hydrogen-bond donors (Lipinski definition) is 1. The second-order valence-corrected chi connectivity index (χ2v) is 6.68. The Kier molecular flexibility index (Phi) is 6.84. The zero-order valence-electron chi connectivity index (χ0n) is 12.1. The standard InChI is InChI=1S/C13H15ClF3NO4S/c1-2-3-6-22-12(19)8-18-23(20,21)11-7-9(13(15,16)17)4-5-10(11)14/h4-5,7,18H,2-3,6,8H2,1H3. The van der Waals surface area contributed by atoms with Crippen LogP contribution in [0.2, 0.25) is 5.02 Å². The van der Waals surface area contributed by atoms with Gasteiger partial charge in [-0.25, -0.2) is 8.42 Å². The molecule has 0 spiro atoms. The molecule has 130 valence electrons. The van der Waals surface area contributed by atoms with Crippen molar-refractivity contribution in [1.29, 1.82) is 0 Å². The fraction of sp³-hybridized carbons (Fsp3) is 0.462. The number of sulfonamides is 1. The summed E-state index contributed by atoms with van der Waals surface area (Å²) >= 11 is 5.65. The van der Waals surface area contributed by atoms with Crippen LogP contribution in [-0.2, 0) is 25.7 Å². The molecule has 0 atom stereocenters. The van der Waals surface area contributed by atoms with Gasteiger partial charge in [0.2, 0.25) is 10.0 Å². The minimum Gasteiger partial charge on any atom is -0.465 e. The van der Waals surface area contributed by atoms with Crippen molar-refractivity contribution < 1.29 is 31.1 Å². The Morgan fingerprint density at radius 3 is 2.57 bits per heavy atom. The van der Waals surface area contributed by atoms with Crippen molar-refractivity contribution in [1.82, 2.24) is 4.72 Å². The molecule has 0 aromatic heterocycles. The number of halogens is 4. The minimum atomic E-state index is -4.71.